The van der Waals surface area contributed by atoms with E-state index in [1.54, 1.807) is 6.07 Å². The summed E-state index contributed by atoms with van der Waals surface area (Å²) in [4.78, 5) is 2.04. The summed E-state index contributed by atoms with van der Waals surface area (Å²) < 4.78 is 13.5. The Morgan fingerprint density at radius 3 is 2.71 bits per heavy atom. The molecule has 0 amide bonds. The molecule has 1 rings (SSSR count). The van der Waals surface area contributed by atoms with E-state index >= 15 is 0 Å². The van der Waals surface area contributed by atoms with Gasteiger partial charge in [0.2, 0.25) is 0 Å². The van der Waals surface area contributed by atoms with Gasteiger partial charge in [0.1, 0.15) is 5.82 Å². The van der Waals surface area contributed by atoms with Gasteiger partial charge >= 0.3 is 0 Å². The highest BCUT2D eigenvalue weighted by atomic mass is 19.1. The standard InChI is InChI=1S/C11H17FN2/c1-4-14(3)11-7-5-6-10(12)9(11)8-13-2/h5-7,13H,4,8H2,1-3H3. The van der Waals surface area contributed by atoms with Crippen molar-refractivity contribution in [3.05, 3.63) is 29.6 Å². The number of anilines is 1. The summed E-state index contributed by atoms with van der Waals surface area (Å²) in [5, 5.41) is 2.98. The normalized spacial score (nSPS) is 10.3. The molecule has 0 fully saturated rings. The number of nitrogens with one attached hydrogen (secondary N) is 1. The Hall–Kier alpha value is -1.09. The molecule has 2 nitrogen and oxygen atoms in total. The Labute approximate surface area is 84.7 Å². The van der Waals surface area contributed by atoms with Crippen LogP contribution in [0.1, 0.15) is 12.5 Å². The summed E-state index contributed by atoms with van der Waals surface area (Å²) in [7, 11) is 3.79. The molecule has 78 valence electrons. The van der Waals surface area contributed by atoms with Gasteiger partial charge in [-0.25, -0.2) is 4.39 Å². The second-order valence-corrected chi connectivity index (χ2v) is 3.28. The minimum Gasteiger partial charge on any atom is -0.375 e. The second-order valence-electron chi connectivity index (χ2n) is 3.28. The molecule has 0 aliphatic rings. The van der Waals surface area contributed by atoms with Crippen LogP contribution in [-0.4, -0.2) is 20.6 Å². The maximum Gasteiger partial charge on any atom is 0.129 e. The van der Waals surface area contributed by atoms with Gasteiger partial charge in [0.05, 0.1) is 0 Å². The number of hydrogen-bond donors (Lipinski definition) is 1. The number of hydrogen-bond acceptors (Lipinski definition) is 2. The van der Waals surface area contributed by atoms with Crippen molar-refractivity contribution in [3.63, 3.8) is 0 Å². The molecule has 14 heavy (non-hydrogen) atoms. The summed E-state index contributed by atoms with van der Waals surface area (Å²) in [6.07, 6.45) is 0. The molecule has 1 N–H and O–H groups in total. The lowest BCUT2D eigenvalue weighted by molar-refractivity contribution is 0.600. The molecule has 0 radical (unpaired) electrons. The highest BCUT2D eigenvalue weighted by Crippen LogP contribution is 2.21. The van der Waals surface area contributed by atoms with Crippen molar-refractivity contribution < 1.29 is 4.39 Å². The molecular weight excluding hydrogens is 179 g/mol. The molecule has 0 spiro atoms. The van der Waals surface area contributed by atoms with Crippen molar-refractivity contribution in [1.29, 1.82) is 0 Å². The Balaban J connectivity index is 3.07. The van der Waals surface area contributed by atoms with E-state index < -0.39 is 0 Å². The minimum atomic E-state index is -0.142. The van der Waals surface area contributed by atoms with E-state index in [0.29, 0.717) is 6.54 Å². The average Bonchev–Trinajstić information content (AvgIpc) is 2.20. The van der Waals surface area contributed by atoms with Gasteiger partial charge in [-0.2, -0.15) is 0 Å². The van der Waals surface area contributed by atoms with Crippen LogP contribution in [0.25, 0.3) is 0 Å². The summed E-state index contributed by atoms with van der Waals surface area (Å²) in [6.45, 7) is 3.49. The molecule has 0 aliphatic heterocycles. The van der Waals surface area contributed by atoms with Gasteiger partial charge in [0.25, 0.3) is 0 Å². The number of rotatable bonds is 4. The first-order valence-electron chi connectivity index (χ1n) is 4.83. The van der Waals surface area contributed by atoms with E-state index in [2.05, 4.69) is 5.32 Å². The fourth-order valence-corrected chi connectivity index (χ4v) is 1.43. The highest BCUT2D eigenvalue weighted by molar-refractivity contribution is 5.53. The summed E-state index contributed by atoms with van der Waals surface area (Å²) in [5.41, 5.74) is 1.70. The quantitative estimate of drug-likeness (QED) is 0.792. The molecule has 0 bridgehead atoms. The lowest BCUT2D eigenvalue weighted by Crippen LogP contribution is -2.20. The van der Waals surface area contributed by atoms with E-state index in [1.807, 2.05) is 32.0 Å². The van der Waals surface area contributed by atoms with Crippen LogP contribution in [0.15, 0.2) is 18.2 Å². The average molecular weight is 196 g/mol. The SMILES string of the molecule is CCN(C)c1cccc(F)c1CNC. The van der Waals surface area contributed by atoms with Crippen LogP contribution in [-0.2, 0) is 6.54 Å². The van der Waals surface area contributed by atoms with Crippen molar-refractivity contribution in [2.24, 2.45) is 0 Å². The lowest BCUT2D eigenvalue weighted by atomic mass is 10.1. The minimum absolute atomic E-state index is 0.142. The monoisotopic (exact) mass is 196 g/mol. The zero-order chi connectivity index (χ0) is 10.6. The van der Waals surface area contributed by atoms with Crippen molar-refractivity contribution in [3.8, 4) is 0 Å². The van der Waals surface area contributed by atoms with Gasteiger partial charge in [-0.05, 0) is 26.1 Å². The molecule has 0 aliphatic carbocycles. The summed E-state index contributed by atoms with van der Waals surface area (Å²) in [5.74, 6) is -0.142. The number of halogens is 1. The zero-order valence-electron chi connectivity index (χ0n) is 8.97. The van der Waals surface area contributed by atoms with E-state index in [4.69, 9.17) is 0 Å². The molecule has 0 atom stereocenters. The molecule has 0 unspecified atom stereocenters. The predicted octanol–water partition coefficient (Wildman–Crippen LogP) is 2.00. The summed E-state index contributed by atoms with van der Waals surface area (Å²) >= 11 is 0. The van der Waals surface area contributed by atoms with Crippen molar-refractivity contribution in [2.45, 2.75) is 13.5 Å². The topological polar surface area (TPSA) is 15.3 Å². The molecule has 3 heteroatoms. The first-order valence-corrected chi connectivity index (χ1v) is 4.83. The number of nitrogens with zero attached hydrogens (tertiary/aromatic N) is 1. The maximum absolute atomic E-state index is 13.5. The van der Waals surface area contributed by atoms with Crippen LogP contribution in [0.2, 0.25) is 0 Å². The molecular formula is C11H17FN2. The van der Waals surface area contributed by atoms with Gasteiger partial charge in [-0.3, -0.25) is 0 Å². The van der Waals surface area contributed by atoms with Gasteiger partial charge in [0.15, 0.2) is 0 Å². The Kier molecular flexibility index (Phi) is 3.89. The Bertz CT molecular complexity index is 299. The third kappa shape index (κ3) is 2.23. The third-order valence-corrected chi connectivity index (χ3v) is 2.33. The zero-order valence-corrected chi connectivity index (χ0v) is 8.97. The van der Waals surface area contributed by atoms with Crippen molar-refractivity contribution in [2.75, 3.05) is 25.5 Å². The molecule has 0 aromatic heterocycles. The molecule has 1 aromatic rings. The first kappa shape index (κ1) is 11.0. The molecule has 0 heterocycles. The van der Waals surface area contributed by atoms with Crippen LogP contribution < -0.4 is 10.2 Å². The van der Waals surface area contributed by atoms with Crippen LogP contribution in [0.4, 0.5) is 10.1 Å². The van der Waals surface area contributed by atoms with Gasteiger partial charge < -0.3 is 10.2 Å². The van der Waals surface area contributed by atoms with Gasteiger partial charge in [-0.1, -0.05) is 6.07 Å². The largest absolute Gasteiger partial charge is 0.375 e. The van der Waals surface area contributed by atoms with E-state index in [0.717, 1.165) is 17.8 Å². The fourth-order valence-electron chi connectivity index (χ4n) is 1.43. The van der Waals surface area contributed by atoms with Crippen LogP contribution >= 0.6 is 0 Å². The second kappa shape index (κ2) is 4.96. The molecule has 1 aromatic carbocycles. The maximum atomic E-state index is 13.5. The van der Waals surface area contributed by atoms with E-state index in [-0.39, 0.29) is 5.82 Å². The van der Waals surface area contributed by atoms with Crippen molar-refractivity contribution in [1.82, 2.24) is 5.32 Å². The van der Waals surface area contributed by atoms with Crippen LogP contribution in [0.3, 0.4) is 0 Å². The molecule has 0 saturated carbocycles. The molecule has 0 saturated heterocycles. The van der Waals surface area contributed by atoms with Crippen LogP contribution in [0, 0.1) is 5.82 Å². The predicted molar refractivity (Wildman–Crippen MR) is 58.1 cm³/mol. The third-order valence-electron chi connectivity index (χ3n) is 2.33. The highest BCUT2D eigenvalue weighted by Gasteiger charge is 2.09. The smallest absolute Gasteiger partial charge is 0.129 e. The number of benzene rings is 1. The van der Waals surface area contributed by atoms with Gasteiger partial charge in [0, 0.05) is 31.4 Å². The fraction of sp³-hybridized carbons (Fsp3) is 0.455. The Morgan fingerprint density at radius 1 is 1.43 bits per heavy atom. The first-order chi connectivity index (χ1) is 6.70. The lowest BCUT2D eigenvalue weighted by Gasteiger charge is -2.20. The van der Waals surface area contributed by atoms with Gasteiger partial charge in [-0.15, -0.1) is 0 Å². The van der Waals surface area contributed by atoms with E-state index in [9.17, 15) is 4.39 Å². The van der Waals surface area contributed by atoms with Crippen molar-refractivity contribution >= 4 is 5.69 Å². The Morgan fingerprint density at radius 2 is 2.14 bits per heavy atom. The summed E-state index contributed by atoms with van der Waals surface area (Å²) in [6, 6.07) is 5.19. The van der Waals surface area contributed by atoms with E-state index in [1.165, 1.54) is 6.07 Å². The van der Waals surface area contributed by atoms with Crippen LogP contribution in [0.5, 0.6) is 0 Å².